The van der Waals surface area contributed by atoms with Crippen molar-refractivity contribution in [1.82, 2.24) is 0 Å². The molecule has 0 amide bonds. The van der Waals surface area contributed by atoms with Gasteiger partial charge in [0.05, 0.1) is 31.4 Å². The number of nitriles is 4. The molecule has 5 nitrogen and oxygen atoms in total. The molecule has 0 aromatic heterocycles. The van der Waals surface area contributed by atoms with Crippen LogP contribution < -0.4 is 0 Å². The summed E-state index contributed by atoms with van der Waals surface area (Å²) in [6, 6.07) is 8.35. The predicted molar refractivity (Wildman–Crippen MR) is 89.3 cm³/mol. The Morgan fingerprint density at radius 3 is 1.55 bits per heavy atom. The van der Waals surface area contributed by atoms with Crippen molar-refractivity contribution < 1.29 is 4.57 Å². The van der Waals surface area contributed by atoms with Crippen LogP contribution in [0.2, 0.25) is 0 Å². The summed E-state index contributed by atoms with van der Waals surface area (Å²) in [5.41, 5.74) is 0. The molecule has 0 saturated heterocycles. The minimum atomic E-state index is -2.43. The first-order valence-electron chi connectivity index (χ1n) is 7.39. The molecule has 118 valence electrons. The van der Waals surface area contributed by atoms with Gasteiger partial charge in [-0.3, -0.25) is 0 Å². The van der Waals surface area contributed by atoms with E-state index in [9.17, 15) is 4.57 Å². The fraction of sp³-hybridized carbons (Fsp3) is 0.733. The highest BCUT2D eigenvalue weighted by molar-refractivity contribution is 7.64. The van der Waals surface area contributed by atoms with Crippen LogP contribution in [0, 0.1) is 45.3 Å². The van der Waals surface area contributed by atoms with Gasteiger partial charge in [0, 0.05) is 44.2 Å². The van der Waals surface area contributed by atoms with Crippen LogP contribution in [0.1, 0.15) is 32.1 Å². The van der Waals surface area contributed by atoms with Crippen LogP contribution in [0.25, 0.3) is 0 Å². The zero-order valence-electron chi connectivity index (χ0n) is 12.9. The van der Waals surface area contributed by atoms with Crippen molar-refractivity contribution >= 4 is 15.1 Å². The van der Waals surface area contributed by atoms with Crippen LogP contribution in [0.15, 0.2) is 0 Å². The fourth-order valence-corrected chi connectivity index (χ4v) is 6.96. The summed E-state index contributed by atoms with van der Waals surface area (Å²) >= 11 is 0. The van der Waals surface area contributed by atoms with E-state index in [0.29, 0.717) is 31.3 Å². The third kappa shape index (κ3) is 10.4. The molecule has 0 aliphatic heterocycles. The van der Waals surface area contributed by atoms with Gasteiger partial charge in [-0.15, -0.1) is 7.92 Å². The summed E-state index contributed by atoms with van der Waals surface area (Å²) in [6.07, 6.45) is 6.37. The van der Waals surface area contributed by atoms with E-state index >= 15 is 0 Å². The second kappa shape index (κ2) is 13.3. The molecule has 0 unspecified atom stereocenters. The Balaban J connectivity index is 4.40. The molecule has 0 atom stereocenters. The van der Waals surface area contributed by atoms with Gasteiger partial charge in [0.2, 0.25) is 0 Å². The molecule has 0 saturated carbocycles. The average molecular weight is 336 g/mol. The molecule has 0 fully saturated rings. The van der Waals surface area contributed by atoms with E-state index in [0.717, 1.165) is 24.9 Å². The van der Waals surface area contributed by atoms with Crippen molar-refractivity contribution in [3.8, 4) is 24.3 Å². The topological polar surface area (TPSA) is 112 Å². The zero-order chi connectivity index (χ0) is 16.7. The Kier molecular flexibility index (Phi) is 12.5. The summed E-state index contributed by atoms with van der Waals surface area (Å²) in [7, 11) is -2.77. The molecule has 0 heterocycles. The van der Waals surface area contributed by atoms with Crippen molar-refractivity contribution in [2.45, 2.75) is 32.1 Å². The van der Waals surface area contributed by atoms with Crippen molar-refractivity contribution in [3.05, 3.63) is 0 Å². The van der Waals surface area contributed by atoms with E-state index in [4.69, 9.17) is 21.0 Å². The first kappa shape index (κ1) is 20.6. The van der Waals surface area contributed by atoms with Gasteiger partial charge in [-0.2, -0.15) is 21.0 Å². The second-order valence-electron chi connectivity index (χ2n) is 5.06. The predicted octanol–water partition coefficient (Wildman–Crippen LogP) is 3.88. The molecule has 0 N–H and O–H groups in total. The quantitative estimate of drug-likeness (QED) is 0.502. The van der Waals surface area contributed by atoms with E-state index in [-0.39, 0.29) is 20.8 Å². The summed E-state index contributed by atoms with van der Waals surface area (Å²) < 4.78 is 12.7. The maximum atomic E-state index is 12.7. The van der Waals surface area contributed by atoms with Gasteiger partial charge in [-0.05, 0) is 24.9 Å². The number of hydrogen-bond acceptors (Lipinski definition) is 5. The van der Waals surface area contributed by atoms with Crippen molar-refractivity contribution in [1.29, 1.82) is 21.0 Å². The van der Waals surface area contributed by atoms with Crippen LogP contribution in [-0.4, -0.2) is 37.0 Å². The van der Waals surface area contributed by atoms with Crippen molar-refractivity contribution in [3.63, 3.8) is 0 Å². The van der Waals surface area contributed by atoms with E-state index in [1.165, 1.54) is 0 Å². The highest BCUT2D eigenvalue weighted by atomic mass is 31.2. The lowest BCUT2D eigenvalue weighted by Gasteiger charge is -2.19. The summed E-state index contributed by atoms with van der Waals surface area (Å²) in [5.74, 6) is 0. The first-order chi connectivity index (χ1) is 10.6. The van der Waals surface area contributed by atoms with Gasteiger partial charge >= 0.3 is 0 Å². The molecule has 0 bridgehead atoms. The molecular weight excluding hydrogens is 314 g/mol. The molecule has 0 aromatic carbocycles. The standard InChI is InChI=1S/C15H22N4OP2/c16-6-1-10-21(11-2-7-17)12-5-15-22(20,13-3-8-18)14-4-9-19/h1-5,10-15H2. The summed E-state index contributed by atoms with van der Waals surface area (Å²) in [6.45, 7) is 0. The SMILES string of the molecule is N#CCCP(CCC#N)CCCP(=O)(CCC#N)CCC#N. The second-order valence-corrected chi connectivity index (χ2v) is 11.2. The Labute approximate surface area is 134 Å². The largest absolute Gasteiger partial charge is 0.323 e. The first-order valence-corrected chi connectivity index (χ1v) is 11.5. The number of rotatable bonds is 12. The summed E-state index contributed by atoms with van der Waals surface area (Å²) in [4.78, 5) is 0. The van der Waals surface area contributed by atoms with Crippen LogP contribution in [0.4, 0.5) is 0 Å². The fourth-order valence-electron chi connectivity index (χ4n) is 2.18. The molecule has 0 radical (unpaired) electrons. The van der Waals surface area contributed by atoms with Crippen LogP contribution >= 0.6 is 15.1 Å². The highest BCUT2D eigenvalue weighted by Crippen LogP contribution is 2.48. The summed E-state index contributed by atoms with van der Waals surface area (Å²) in [5, 5.41) is 34.7. The smallest absolute Gasteiger partial charge is 0.0897 e. The Bertz CT molecular complexity index is 482. The molecule has 0 spiro atoms. The minimum Gasteiger partial charge on any atom is -0.323 e. The zero-order valence-corrected chi connectivity index (χ0v) is 14.7. The monoisotopic (exact) mass is 336 g/mol. The van der Waals surface area contributed by atoms with Gasteiger partial charge in [0.1, 0.15) is 0 Å². The van der Waals surface area contributed by atoms with Gasteiger partial charge < -0.3 is 4.57 Å². The van der Waals surface area contributed by atoms with Crippen LogP contribution in [-0.2, 0) is 4.57 Å². The highest BCUT2D eigenvalue weighted by Gasteiger charge is 2.21. The molecule has 0 aliphatic rings. The molecule has 0 aliphatic carbocycles. The van der Waals surface area contributed by atoms with Gasteiger partial charge in [-0.25, -0.2) is 0 Å². The van der Waals surface area contributed by atoms with E-state index < -0.39 is 7.14 Å². The Morgan fingerprint density at radius 2 is 1.14 bits per heavy atom. The number of nitrogens with zero attached hydrogens (tertiary/aromatic N) is 4. The Hall–Kier alpha value is -1.38. The minimum absolute atomic E-state index is 0.278. The molecule has 7 heteroatoms. The maximum absolute atomic E-state index is 12.7. The molecule has 0 rings (SSSR count). The van der Waals surface area contributed by atoms with Crippen LogP contribution in [0.5, 0.6) is 0 Å². The Morgan fingerprint density at radius 1 is 0.682 bits per heavy atom. The third-order valence-corrected chi connectivity index (χ3v) is 9.25. The van der Waals surface area contributed by atoms with Gasteiger partial charge in [0.15, 0.2) is 0 Å². The van der Waals surface area contributed by atoms with Crippen LogP contribution in [0.3, 0.4) is 0 Å². The molecule has 0 aromatic rings. The lowest BCUT2D eigenvalue weighted by Crippen LogP contribution is -2.03. The third-order valence-electron chi connectivity index (χ3n) is 3.38. The average Bonchev–Trinajstić information content (AvgIpc) is 2.53. The lowest BCUT2D eigenvalue weighted by molar-refractivity contribution is 0.573. The molecular formula is C15H22N4OP2. The van der Waals surface area contributed by atoms with E-state index in [2.05, 4.69) is 12.1 Å². The number of hydrogen-bond donors (Lipinski definition) is 0. The van der Waals surface area contributed by atoms with Crippen molar-refractivity contribution in [2.24, 2.45) is 0 Å². The van der Waals surface area contributed by atoms with E-state index in [1.54, 1.807) is 0 Å². The maximum Gasteiger partial charge on any atom is 0.0897 e. The normalized spacial score (nSPS) is 10.4. The van der Waals surface area contributed by atoms with Crippen molar-refractivity contribution in [2.75, 3.05) is 37.0 Å². The van der Waals surface area contributed by atoms with Gasteiger partial charge in [-0.1, -0.05) is 0 Å². The lowest BCUT2D eigenvalue weighted by atomic mass is 10.5. The van der Waals surface area contributed by atoms with Gasteiger partial charge in [0.25, 0.3) is 0 Å². The molecule has 22 heavy (non-hydrogen) atoms. The van der Waals surface area contributed by atoms with E-state index in [1.807, 2.05) is 12.1 Å².